The Morgan fingerprint density at radius 1 is 0.511 bits per heavy atom. The molecule has 0 radical (unpaired) electrons. The number of hydrogen-bond acceptors (Lipinski definition) is 5. The highest BCUT2D eigenvalue weighted by Crippen LogP contribution is 2.21. The summed E-state index contributed by atoms with van der Waals surface area (Å²) in [5, 5.41) is 30.6. The SMILES string of the molecule is CCCCCCCCC=CCCCCCCCC(=O)C(O)C(O)(C(=O)O)C(=O)CCCCCCCC=CCCCCCCCC. The van der Waals surface area contributed by atoms with Crippen LogP contribution in [0.2, 0.25) is 0 Å². The van der Waals surface area contributed by atoms with E-state index in [1.165, 1.54) is 77.0 Å². The molecule has 45 heavy (non-hydrogen) atoms. The van der Waals surface area contributed by atoms with Crippen molar-refractivity contribution in [1.29, 1.82) is 0 Å². The topological polar surface area (TPSA) is 112 Å². The summed E-state index contributed by atoms with van der Waals surface area (Å²) in [5.41, 5.74) is -3.07. The zero-order chi connectivity index (χ0) is 33.4. The summed E-state index contributed by atoms with van der Waals surface area (Å²) < 4.78 is 0. The second kappa shape index (κ2) is 30.8. The van der Waals surface area contributed by atoms with Crippen LogP contribution in [0.4, 0.5) is 0 Å². The van der Waals surface area contributed by atoms with E-state index < -0.39 is 29.2 Å². The number of unbranched alkanes of at least 4 members (excludes halogenated alkanes) is 22. The van der Waals surface area contributed by atoms with Crippen LogP contribution in [0.25, 0.3) is 0 Å². The number of carbonyl (C=O) groups is 3. The second-order valence-electron chi connectivity index (χ2n) is 13.0. The first-order chi connectivity index (χ1) is 21.8. The number of carboxylic acids is 1. The van der Waals surface area contributed by atoms with E-state index in [1.54, 1.807) is 0 Å². The summed E-state index contributed by atoms with van der Waals surface area (Å²) in [4.78, 5) is 36.9. The van der Waals surface area contributed by atoms with Gasteiger partial charge in [-0.2, -0.15) is 0 Å². The summed E-state index contributed by atoms with van der Waals surface area (Å²) in [7, 11) is 0. The number of rotatable bonds is 34. The Morgan fingerprint density at radius 2 is 0.822 bits per heavy atom. The van der Waals surface area contributed by atoms with Crippen molar-refractivity contribution in [2.45, 2.75) is 205 Å². The summed E-state index contributed by atoms with van der Waals surface area (Å²) in [6.45, 7) is 4.47. The van der Waals surface area contributed by atoms with Crippen molar-refractivity contribution in [1.82, 2.24) is 0 Å². The molecule has 0 rings (SSSR count). The first-order valence-corrected chi connectivity index (χ1v) is 18.8. The summed E-state index contributed by atoms with van der Waals surface area (Å²) in [6, 6.07) is 0. The maximum absolute atomic E-state index is 12.6. The van der Waals surface area contributed by atoms with Crippen LogP contribution >= 0.6 is 0 Å². The highest BCUT2D eigenvalue weighted by Gasteiger charge is 2.52. The predicted molar refractivity (Wildman–Crippen MR) is 188 cm³/mol. The Bertz CT molecular complexity index is 788. The van der Waals surface area contributed by atoms with E-state index >= 15 is 0 Å². The van der Waals surface area contributed by atoms with Crippen molar-refractivity contribution in [3.05, 3.63) is 24.3 Å². The molecule has 0 aromatic rings. The number of carbonyl (C=O) groups excluding carboxylic acids is 2. The number of ketones is 2. The van der Waals surface area contributed by atoms with Gasteiger partial charge in [0.25, 0.3) is 5.60 Å². The lowest BCUT2D eigenvalue weighted by atomic mass is 9.85. The molecular formula is C39H70O6. The number of aliphatic carboxylic acids is 1. The molecule has 0 aliphatic carbocycles. The van der Waals surface area contributed by atoms with E-state index in [2.05, 4.69) is 38.2 Å². The number of hydrogen-bond donors (Lipinski definition) is 3. The number of aliphatic hydroxyl groups excluding tert-OH is 1. The van der Waals surface area contributed by atoms with Gasteiger partial charge in [0.05, 0.1) is 0 Å². The summed E-state index contributed by atoms with van der Waals surface area (Å²) in [6.07, 6.45) is 35.3. The zero-order valence-corrected chi connectivity index (χ0v) is 29.3. The first kappa shape index (κ1) is 43.2. The predicted octanol–water partition coefficient (Wildman–Crippen LogP) is 10.4. The molecule has 0 aliphatic heterocycles. The van der Waals surface area contributed by atoms with Crippen LogP contribution in [-0.4, -0.2) is 44.6 Å². The van der Waals surface area contributed by atoms with Gasteiger partial charge in [-0.25, -0.2) is 4.79 Å². The normalized spacial score (nSPS) is 13.9. The Kier molecular flexibility index (Phi) is 29.6. The quantitative estimate of drug-likeness (QED) is 0.0369. The highest BCUT2D eigenvalue weighted by molar-refractivity contribution is 6.11. The monoisotopic (exact) mass is 635 g/mol. The van der Waals surface area contributed by atoms with Crippen molar-refractivity contribution >= 4 is 17.5 Å². The molecule has 2 unspecified atom stereocenters. The minimum Gasteiger partial charge on any atom is -0.479 e. The van der Waals surface area contributed by atoms with Gasteiger partial charge in [0.1, 0.15) is 0 Å². The fraction of sp³-hybridized carbons (Fsp3) is 0.821. The standard InChI is InChI=1S/C39H70O6/c1-3-5-7-9-11-13-15-17-19-21-23-25-27-29-31-33-35(40)37(42)39(45,38(43)44)36(41)34-32-30-28-26-24-22-20-18-16-14-12-10-8-6-4-2/h17-20,37,42,45H,3-16,21-34H2,1-2H3,(H,43,44). The molecule has 0 bridgehead atoms. The summed E-state index contributed by atoms with van der Waals surface area (Å²) in [5.74, 6) is -3.63. The number of allylic oxidation sites excluding steroid dienone is 4. The fourth-order valence-electron chi connectivity index (χ4n) is 5.68. The Hall–Kier alpha value is -1.79. The van der Waals surface area contributed by atoms with Crippen molar-refractivity contribution in [3.63, 3.8) is 0 Å². The molecule has 0 spiro atoms. The maximum atomic E-state index is 12.6. The molecule has 0 fully saturated rings. The lowest BCUT2D eigenvalue weighted by molar-refractivity contribution is -0.180. The average molecular weight is 635 g/mol. The molecule has 2 atom stereocenters. The Balaban J connectivity index is 4.03. The van der Waals surface area contributed by atoms with E-state index in [9.17, 15) is 29.7 Å². The van der Waals surface area contributed by atoms with Gasteiger partial charge in [-0.05, 0) is 64.2 Å². The van der Waals surface area contributed by atoms with Gasteiger partial charge in [-0.15, -0.1) is 0 Å². The molecule has 0 aromatic carbocycles. The van der Waals surface area contributed by atoms with Crippen molar-refractivity contribution in [3.8, 4) is 0 Å². The molecule has 3 N–H and O–H groups in total. The minimum absolute atomic E-state index is 0.0460. The molecule has 0 saturated heterocycles. The van der Waals surface area contributed by atoms with E-state index in [0.29, 0.717) is 12.8 Å². The van der Waals surface area contributed by atoms with Crippen LogP contribution in [0.3, 0.4) is 0 Å². The molecule has 0 heterocycles. The first-order valence-electron chi connectivity index (χ1n) is 18.8. The van der Waals surface area contributed by atoms with Gasteiger partial charge >= 0.3 is 5.97 Å². The van der Waals surface area contributed by atoms with Crippen molar-refractivity contribution < 1.29 is 29.7 Å². The smallest absolute Gasteiger partial charge is 0.346 e. The Morgan fingerprint density at radius 3 is 1.18 bits per heavy atom. The summed E-state index contributed by atoms with van der Waals surface area (Å²) >= 11 is 0. The van der Waals surface area contributed by atoms with Crippen LogP contribution in [0.15, 0.2) is 24.3 Å². The molecule has 0 aliphatic rings. The van der Waals surface area contributed by atoms with Gasteiger partial charge < -0.3 is 15.3 Å². The number of aliphatic hydroxyl groups is 2. The van der Waals surface area contributed by atoms with Crippen LogP contribution in [0.5, 0.6) is 0 Å². The molecule has 0 aromatic heterocycles. The lowest BCUT2D eigenvalue weighted by Gasteiger charge is -2.26. The third-order valence-corrected chi connectivity index (χ3v) is 8.80. The van der Waals surface area contributed by atoms with Crippen molar-refractivity contribution in [2.75, 3.05) is 0 Å². The third kappa shape index (κ3) is 23.2. The van der Waals surface area contributed by atoms with Gasteiger partial charge in [0.15, 0.2) is 17.7 Å². The van der Waals surface area contributed by atoms with Gasteiger partial charge in [-0.1, -0.05) is 141 Å². The third-order valence-electron chi connectivity index (χ3n) is 8.80. The largest absolute Gasteiger partial charge is 0.479 e. The van der Waals surface area contributed by atoms with Gasteiger partial charge in [-0.3, -0.25) is 9.59 Å². The average Bonchev–Trinajstić information content (AvgIpc) is 3.03. The molecular weight excluding hydrogens is 564 g/mol. The molecule has 0 amide bonds. The fourth-order valence-corrected chi connectivity index (χ4v) is 5.68. The molecule has 262 valence electrons. The zero-order valence-electron chi connectivity index (χ0n) is 29.3. The Labute approximate surface area is 276 Å². The van der Waals surface area contributed by atoms with Gasteiger partial charge in [0, 0.05) is 12.8 Å². The minimum atomic E-state index is -3.07. The molecule has 6 heteroatoms. The number of Topliss-reactive ketones (excluding diaryl/α,β-unsaturated/α-hetero) is 2. The molecule has 6 nitrogen and oxygen atoms in total. The van der Waals surface area contributed by atoms with Crippen LogP contribution in [-0.2, 0) is 14.4 Å². The number of carboxylic acid groups (broad SMARTS) is 1. The second-order valence-corrected chi connectivity index (χ2v) is 13.0. The van der Waals surface area contributed by atoms with Crippen molar-refractivity contribution in [2.24, 2.45) is 0 Å². The van der Waals surface area contributed by atoms with E-state index in [0.717, 1.165) is 77.0 Å². The van der Waals surface area contributed by atoms with E-state index in [1.807, 2.05) is 0 Å². The van der Waals surface area contributed by atoms with Crippen LogP contribution in [0.1, 0.15) is 194 Å². The lowest BCUT2D eigenvalue weighted by Crippen LogP contribution is -2.58. The van der Waals surface area contributed by atoms with Gasteiger partial charge in [0.2, 0.25) is 0 Å². The molecule has 0 saturated carbocycles. The van der Waals surface area contributed by atoms with E-state index in [4.69, 9.17) is 0 Å². The van der Waals surface area contributed by atoms with E-state index in [-0.39, 0.29) is 12.8 Å². The van der Waals surface area contributed by atoms with Crippen LogP contribution in [0, 0.1) is 0 Å². The van der Waals surface area contributed by atoms with Crippen LogP contribution < -0.4 is 0 Å². The maximum Gasteiger partial charge on any atom is 0.346 e. The highest BCUT2D eigenvalue weighted by atomic mass is 16.4.